The van der Waals surface area contributed by atoms with Gasteiger partial charge in [-0.05, 0) is 49.3 Å². The summed E-state index contributed by atoms with van der Waals surface area (Å²) in [6.45, 7) is 0. The van der Waals surface area contributed by atoms with E-state index in [0.29, 0.717) is 30.7 Å². The molecule has 0 aliphatic heterocycles. The van der Waals surface area contributed by atoms with Crippen LogP contribution in [0.3, 0.4) is 0 Å². The molecule has 3 N–H and O–H groups in total. The lowest BCUT2D eigenvalue weighted by Crippen LogP contribution is -2.20. The van der Waals surface area contributed by atoms with Crippen molar-refractivity contribution in [3.63, 3.8) is 0 Å². The van der Waals surface area contributed by atoms with E-state index in [-0.39, 0.29) is 17.9 Å². The van der Waals surface area contributed by atoms with Crippen LogP contribution in [0.15, 0.2) is 40.8 Å². The second-order valence-corrected chi connectivity index (χ2v) is 7.75. The minimum atomic E-state index is -1.34. The van der Waals surface area contributed by atoms with Gasteiger partial charge >= 0.3 is 23.8 Å². The van der Waals surface area contributed by atoms with Crippen LogP contribution in [0.1, 0.15) is 47.8 Å². The van der Waals surface area contributed by atoms with Crippen molar-refractivity contribution in [2.45, 2.75) is 31.6 Å². The normalized spacial score (nSPS) is 18.0. The third-order valence-electron chi connectivity index (χ3n) is 5.59. The van der Waals surface area contributed by atoms with Crippen LogP contribution in [0.25, 0.3) is 0 Å². The van der Waals surface area contributed by atoms with E-state index < -0.39 is 40.9 Å². The monoisotopic (exact) mass is 460 g/mol. The zero-order chi connectivity index (χ0) is 23.5. The standard InChI is InChI=1S/C22H19F3N4O4/c23-15-9-17(25)18(10-16(15)24)27-22-29-28-20(33-22)19(30)26-14-7-5-12(6-8-14)11-1-3-13(4-2-11)21(31)32/h5-11,13H,1-4H2,(H,26,30)(H,27,29)(H,31,32). The Morgan fingerprint density at radius 1 is 0.939 bits per heavy atom. The second kappa shape index (κ2) is 9.31. The van der Waals surface area contributed by atoms with Crippen LogP contribution in [-0.4, -0.2) is 27.2 Å². The molecule has 1 amide bonds. The van der Waals surface area contributed by atoms with Crippen LogP contribution < -0.4 is 10.6 Å². The summed E-state index contributed by atoms with van der Waals surface area (Å²) in [6.07, 6.45) is 2.86. The number of nitrogens with one attached hydrogen (secondary N) is 2. The Morgan fingerprint density at radius 2 is 1.61 bits per heavy atom. The van der Waals surface area contributed by atoms with E-state index in [0.717, 1.165) is 18.4 Å². The lowest BCUT2D eigenvalue weighted by Gasteiger charge is -2.26. The van der Waals surface area contributed by atoms with Gasteiger partial charge in [0, 0.05) is 17.8 Å². The summed E-state index contributed by atoms with van der Waals surface area (Å²) in [6, 6.07) is 7.73. The van der Waals surface area contributed by atoms with Gasteiger partial charge in [-0.3, -0.25) is 9.59 Å². The molecule has 1 aliphatic rings. The highest BCUT2D eigenvalue weighted by atomic mass is 19.2. The average molecular weight is 460 g/mol. The van der Waals surface area contributed by atoms with Crippen LogP contribution in [0.4, 0.5) is 30.6 Å². The third kappa shape index (κ3) is 5.13. The summed E-state index contributed by atoms with van der Waals surface area (Å²) in [5.41, 5.74) is 1.11. The number of amides is 1. The number of carboxylic acids is 1. The molecule has 172 valence electrons. The molecule has 3 aromatic rings. The molecular formula is C22H19F3N4O4. The van der Waals surface area contributed by atoms with E-state index in [1.165, 1.54) is 0 Å². The Balaban J connectivity index is 1.36. The van der Waals surface area contributed by atoms with Crippen molar-refractivity contribution < 1.29 is 32.3 Å². The fourth-order valence-electron chi connectivity index (χ4n) is 3.80. The predicted molar refractivity (Wildman–Crippen MR) is 111 cm³/mol. The molecule has 1 heterocycles. The van der Waals surface area contributed by atoms with Crippen molar-refractivity contribution in [1.29, 1.82) is 0 Å². The summed E-state index contributed by atoms with van der Waals surface area (Å²) in [7, 11) is 0. The molecule has 1 saturated carbocycles. The van der Waals surface area contributed by atoms with Gasteiger partial charge in [0.15, 0.2) is 11.6 Å². The number of aromatic nitrogens is 2. The molecular weight excluding hydrogens is 441 g/mol. The number of carbonyl (C=O) groups is 2. The van der Waals surface area contributed by atoms with E-state index in [4.69, 9.17) is 9.52 Å². The highest BCUT2D eigenvalue weighted by molar-refractivity contribution is 6.00. The highest BCUT2D eigenvalue weighted by Crippen LogP contribution is 2.36. The lowest BCUT2D eigenvalue weighted by atomic mass is 9.79. The first-order valence-electron chi connectivity index (χ1n) is 10.2. The molecule has 1 aromatic heterocycles. The molecule has 33 heavy (non-hydrogen) atoms. The summed E-state index contributed by atoms with van der Waals surface area (Å²) < 4.78 is 45.2. The molecule has 11 heteroatoms. The number of benzene rings is 2. The number of rotatable bonds is 6. The first-order valence-corrected chi connectivity index (χ1v) is 10.2. The molecule has 0 atom stereocenters. The van der Waals surface area contributed by atoms with Gasteiger partial charge in [-0.15, -0.1) is 5.10 Å². The van der Waals surface area contributed by atoms with E-state index in [2.05, 4.69) is 20.8 Å². The molecule has 0 bridgehead atoms. The zero-order valence-corrected chi connectivity index (χ0v) is 17.1. The van der Waals surface area contributed by atoms with Crippen LogP contribution in [0.5, 0.6) is 0 Å². The number of halogens is 3. The van der Waals surface area contributed by atoms with Gasteiger partial charge in [0.2, 0.25) is 0 Å². The maximum absolute atomic E-state index is 13.7. The van der Waals surface area contributed by atoms with E-state index in [9.17, 15) is 22.8 Å². The summed E-state index contributed by atoms with van der Waals surface area (Å²) >= 11 is 0. The Hall–Kier alpha value is -3.89. The van der Waals surface area contributed by atoms with Gasteiger partial charge in [0.1, 0.15) is 5.82 Å². The predicted octanol–water partition coefficient (Wildman–Crippen LogP) is 4.84. The van der Waals surface area contributed by atoms with Gasteiger partial charge < -0.3 is 20.2 Å². The molecule has 0 spiro atoms. The maximum Gasteiger partial charge on any atom is 0.320 e. The number of carboxylic acid groups (broad SMARTS) is 1. The Morgan fingerprint density at radius 3 is 2.27 bits per heavy atom. The molecule has 0 unspecified atom stereocenters. The van der Waals surface area contributed by atoms with Crippen LogP contribution in [0, 0.1) is 23.4 Å². The number of carbonyl (C=O) groups excluding carboxylic acids is 1. The largest absolute Gasteiger partial charge is 0.481 e. The van der Waals surface area contributed by atoms with Crippen molar-refractivity contribution >= 4 is 29.3 Å². The van der Waals surface area contributed by atoms with E-state index in [1.807, 2.05) is 12.1 Å². The summed E-state index contributed by atoms with van der Waals surface area (Å²) in [5.74, 6) is -5.58. The van der Waals surface area contributed by atoms with Crippen molar-refractivity contribution in [3.8, 4) is 0 Å². The van der Waals surface area contributed by atoms with E-state index in [1.54, 1.807) is 12.1 Å². The smallest absolute Gasteiger partial charge is 0.320 e. The van der Waals surface area contributed by atoms with Crippen molar-refractivity contribution in [2.75, 3.05) is 10.6 Å². The number of hydrogen-bond donors (Lipinski definition) is 3. The molecule has 2 aromatic carbocycles. The fraction of sp³-hybridized carbons (Fsp3) is 0.273. The maximum atomic E-state index is 13.7. The number of aliphatic carboxylic acids is 1. The minimum Gasteiger partial charge on any atom is -0.481 e. The van der Waals surface area contributed by atoms with Crippen LogP contribution in [-0.2, 0) is 4.79 Å². The van der Waals surface area contributed by atoms with Gasteiger partial charge in [-0.25, -0.2) is 13.2 Å². The Kier molecular flexibility index (Phi) is 6.29. The third-order valence-corrected chi connectivity index (χ3v) is 5.59. The molecule has 4 rings (SSSR count). The first-order chi connectivity index (χ1) is 15.8. The Labute approximate surface area is 185 Å². The topological polar surface area (TPSA) is 117 Å². The average Bonchev–Trinajstić information content (AvgIpc) is 3.27. The van der Waals surface area contributed by atoms with Crippen molar-refractivity contribution in [2.24, 2.45) is 5.92 Å². The fourth-order valence-corrected chi connectivity index (χ4v) is 3.80. The molecule has 0 saturated heterocycles. The van der Waals surface area contributed by atoms with Crippen LogP contribution >= 0.6 is 0 Å². The lowest BCUT2D eigenvalue weighted by molar-refractivity contribution is -0.142. The van der Waals surface area contributed by atoms with Gasteiger partial charge in [-0.2, -0.15) is 0 Å². The van der Waals surface area contributed by atoms with Crippen LogP contribution in [0.2, 0.25) is 0 Å². The van der Waals surface area contributed by atoms with Crippen molar-refractivity contribution in [3.05, 3.63) is 65.3 Å². The molecule has 1 aliphatic carbocycles. The zero-order valence-electron chi connectivity index (χ0n) is 17.1. The quantitative estimate of drug-likeness (QED) is 0.451. The first kappa shape index (κ1) is 22.3. The van der Waals surface area contributed by atoms with Gasteiger partial charge in [0.25, 0.3) is 0 Å². The molecule has 8 nitrogen and oxygen atoms in total. The SMILES string of the molecule is O=C(Nc1ccc(C2CCC(C(=O)O)CC2)cc1)c1nnc(Nc2cc(F)c(F)cc2F)o1. The number of hydrogen-bond acceptors (Lipinski definition) is 6. The van der Waals surface area contributed by atoms with Gasteiger partial charge in [0.05, 0.1) is 11.6 Å². The van der Waals surface area contributed by atoms with Crippen molar-refractivity contribution in [1.82, 2.24) is 10.2 Å². The Bertz CT molecular complexity index is 1170. The molecule has 1 fully saturated rings. The summed E-state index contributed by atoms with van der Waals surface area (Å²) in [4.78, 5) is 23.4. The number of anilines is 3. The van der Waals surface area contributed by atoms with E-state index >= 15 is 0 Å². The highest BCUT2D eigenvalue weighted by Gasteiger charge is 2.26. The second-order valence-electron chi connectivity index (χ2n) is 7.75. The van der Waals surface area contributed by atoms with Gasteiger partial charge in [-0.1, -0.05) is 17.2 Å². The summed E-state index contributed by atoms with van der Waals surface area (Å²) in [5, 5.41) is 21.1. The minimum absolute atomic E-state index is 0.270. The number of nitrogens with zero attached hydrogens (tertiary/aromatic N) is 2. The molecule has 0 radical (unpaired) electrons.